The summed E-state index contributed by atoms with van der Waals surface area (Å²) in [7, 11) is 0. The summed E-state index contributed by atoms with van der Waals surface area (Å²) in [5.74, 6) is 0.974. The third-order valence-electron chi connectivity index (χ3n) is 2.74. The molecule has 0 aliphatic rings. The Balaban J connectivity index is 2.12. The van der Waals surface area contributed by atoms with Crippen molar-refractivity contribution in [1.82, 2.24) is 10.3 Å². The van der Waals surface area contributed by atoms with Gasteiger partial charge in [-0.25, -0.2) is 4.98 Å². The highest BCUT2D eigenvalue weighted by molar-refractivity contribution is 9.10. The second-order valence-corrected chi connectivity index (χ2v) is 6.15. The Morgan fingerprint density at radius 3 is 2.81 bits per heavy atom. The monoisotopic (exact) mass is 388 g/mol. The minimum atomic E-state index is 0.475. The van der Waals surface area contributed by atoms with Crippen LogP contribution in [0.25, 0.3) is 0 Å². The molecular weight excluding hydrogens is 375 g/mol. The van der Waals surface area contributed by atoms with E-state index in [0.717, 1.165) is 29.5 Å². The van der Waals surface area contributed by atoms with Crippen molar-refractivity contribution >= 4 is 39.1 Å². The Kier molecular flexibility index (Phi) is 6.30. The van der Waals surface area contributed by atoms with Gasteiger partial charge in [0.2, 0.25) is 5.88 Å². The lowest BCUT2D eigenvalue weighted by molar-refractivity contribution is 0.462. The number of hydrogen-bond acceptors (Lipinski definition) is 3. The molecule has 112 valence electrons. The van der Waals surface area contributed by atoms with Crippen LogP contribution in [-0.4, -0.2) is 11.5 Å². The highest BCUT2D eigenvalue weighted by Gasteiger charge is 2.09. The average molecular weight is 390 g/mol. The van der Waals surface area contributed by atoms with Crippen LogP contribution in [0.2, 0.25) is 10.0 Å². The third-order valence-corrected chi connectivity index (χ3v) is 4.24. The van der Waals surface area contributed by atoms with Gasteiger partial charge in [-0.3, -0.25) is 0 Å². The molecule has 0 saturated carbocycles. The Labute approximate surface area is 142 Å². The molecule has 1 aromatic heterocycles. The van der Waals surface area contributed by atoms with E-state index in [4.69, 9.17) is 27.9 Å². The van der Waals surface area contributed by atoms with Gasteiger partial charge in [-0.1, -0.05) is 30.1 Å². The van der Waals surface area contributed by atoms with Crippen molar-refractivity contribution in [1.29, 1.82) is 0 Å². The van der Waals surface area contributed by atoms with Crippen LogP contribution in [0, 0.1) is 0 Å². The maximum Gasteiger partial charge on any atom is 0.219 e. The summed E-state index contributed by atoms with van der Waals surface area (Å²) in [5, 5.41) is 4.35. The number of nitrogens with one attached hydrogen (secondary N) is 1. The Morgan fingerprint density at radius 1 is 1.24 bits per heavy atom. The maximum absolute atomic E-state index is 6.14. The first-order chi connectivity index (χ1) is 10.1. The topological polar surface area (TPSA) is 34.2 Å². The molecule has 0 atom stereocenters. The van der Waals surface area contributed by atoms with E-state index in [1.165, 1.54) is 0 Å². The molecule has 0 radical (unpaired) electrons. The van der Waals surface area contributed by atoms with Crippen LogP contribution in [-0.2, 0) is 6.54 Å². The highest BCUT2D eigenvalue weighted by Crippen LogP contribution is 2.36. The number of hydrogen-bond donors (Lipinski definition) is 1. The standard InChI is InChI=1S/C15H15BrCl2N2O/c1-2-4-19-9-10-3-5-20-15(6-10)21-14-8-12(17)11(16)7-13(14)18/h3,5-8,19H,2,4,9H2,1H3. The van der Waals surface area contributed by atoms with Crippen LogP contribution in [0.3, 0.4) is 0 Å². The fraction of sp³-hybridized carbons (Fsp3) is 0.267. The zero-order valence-electron chi connectivity index (χ0n) is 11.5. The normalized spacial score (nSPS) is 10.7. The number of nitrogens with zero attached hydrogens (tertiary/aromatic N) is 1. The molecule has 0 fully saturated rings. The molecule has 0 unspecified atom stereocenters. The lowest BCUT2D eigenvalue weighted by Crippen LogP contribution is -2.13. The van der Waals surface area contributed by atoms with Crippen LogP contribution in [0.15, 0.2) is 34.9 Å². The van der Waals surface area contributed by atoms with Gasteiger partial charge in [-0.15, -0.1) is 0 Å². The fourth-order valence-corrected chi connectivity index (χ4v) is 2.55. The molecule has 1 heterocycles. The number of ether oxygens (including phenoxy) is 1. The molecule has 0 aliphatic carbocycles. The molecule has 2 aromatic rings. The molecule has 0 bridgehead atoms. The summed E-state index contributed by atoms with van der Waals surface area (Å²) in [6.45, 7) is 3.89. The van der Waals surface area contributed by atoms with Crippen molar-refractivity contribution in [3.63, 3.8) is 0 Å². The summed E-state index contributed by atoms with van der Waals surface area (Å²) < 4.78 is 6.44. The first-order valence-corrected chi connectivity index (χ1v) is 8.13. The van der Waals surface area contributed by atoms with E-state index in [0.29, 0.717) is 21.7 Å². The predicted octanol–water partition coefficient (Wildman–Crippen LogP) is 5.44. The van der Waals surface area contributed by atoms with E-state index in [-0.39, 0.29) is 0 Å². The molecule has 21 heavy (non-hydrogen) atoms. The Bertz CT molecular complexity index is 623. The lowest BCUT2D eigenvalue weighted by atomic mass is 10.2. The van der Waals surface area contributed by atoms with Crippen molar-refractivity contribution in [3.05, 3.63) is 50.5 Å². The largest absolute Gasteiger partial charge is 0.437 e. The van der Waals surface area contributed by atoms with Crippen molar-refractivity contribution < 1.29 is 4.74 Å². The number of aromatic nitrogens is 1. The van der Waals surface area contributed by atoms with Crippen molar-refractivity contribution in [2.45, 2.75) is 19.9 Å². The van der Waals surface area contributed by atoms with Gasteiger partial charge >= 0.3 is 0 Å². The minimum Gasteiger partial charge on any atom is -0.437 e. The second kappa shape index (κ2) is 7.99. The van der Waals surface area contributed by atoms with Gasteiger partial charge in [0.15, 0.2) is 0 Å². The van der Waals surface area contributed by atoms with Crippen LogP contribution >= 0.6 is 39.1 Å². The molecule has 0 aliphatic heterocycles. The van der Waals surface area contributed by atoms with E-state index in [2.05, 4.69) is 33.2 Å². The first-order valence-electron chi connectivity index (χ1n) is 6.58. The van der Waals surface area contributed by atoms with Crippen molar-refractivity contribution in [2.24, 2.45) is 0 Å². The summed E-state index contributed by atoms with van der Waals surface area (Å²) in [6.07, 6.45) is 2.81. The molecule has 0 saturated heterocycles. The fourth-order valence-electron chi connectivity index (χ4n) is 1.72. The summed E-state index contributed by atoms with van der Waals surface area (Å²) in [5.41, 5.74) is 1.10. The van der Waals surface area contributed by atoms with E-state index in [1.54, 1.807) is 18.3 Å². The Hall–Kier alpha value is -0.810. The zero-order chi connectivity index (χ0) is 15.2. The van der Waals surface area contributed by atoms with Crippen LogP contribution < -0.4 is 10.1 Å². The van der Waals surface area contributed by atoms with Gasteiger partial charge in [-0.2, -0.15) is 0 Å². The van der Waals surface area contributed by atoms with Crippen molar-refractivity contribution in [3.8, 4) is 11.6 Å². The van der Waals surface area contributed by atoms with Gasteiger partial charge in [0, 0.05) is 29.3 Å². The highest BCUT2D eigenvalue weighted by atomic mass is 79.9. The molecule has 0 amide bonds. The average Bonchev–Trinajstić information content (AvgIpc) is 2.45. The van der Waals surface area contributed by atoms with E-state index < -0.39 is 0 Å². The third kappa shape index (κ3) is 4.85. The van der Waals surface area contributed by atoms with Crippen molar-refractivity contribution in [2.75, 3.05) is 6.54 Å². The molecular formula is C15H15BrCl2N2O. The van der Waals surface area contributed by atoms with Gasteiger partial charge in [0.25, 0.3) is 0 Å². The van der Waals surface area contributed by atoms with Crippen LogP contribution in [0.5, 0.6) is 11.6 Å². The van der Waals surface area contributed by atoms with Crippen LogP contribution in [0.4, 0.5) is 0 Å². The summed E-state index contributed by atoms with van der Waals surface area (Å²) in [4.78, 5) is 4.19. The van der Waals surface area contributed by atoms with Crippen LogP contribution in [0.1, 0.15) is 18.9 Å². The van der Waals surface area contributed by atoms with E-state index in [9.17, 15) is 0 Å². The minimum absolute atomic E-state index is 0.475. The van der Waals surface area contributed by atoms with Gasteiger partial charge in [0.05, 0.1) is 10.0 Å². The smallest absolute Gasteiger partial charge is 0.219 e. The molecule has 0 spiro atoms. The quantitative estimate of drug-likeness (QED) is 0.527. The molecule has 6 heteroatoms. The van der Waals surface area contributed by atoms with Gasteiger partial charge in [-0.05, 0) is 46.6 Å². The number of halogens is 3. The first kappa shape index (κ1) is 16.6. The summed E-state index contributed by atoms with van der Waals surface area (Å²) >= 11 is 15.5. The SMILES string of the molecule is CCCNCc1ccnc(Oc2cc(Cl)c(Br)cc2Cl)c1. The lowest BCUT2D eigenvalue weighted by Gasteiger charge is -2.09. The molecule has 3 nitrogen and oxygen atoms in total. The molecule has 2 rings (SSSR count). The van der Waals surface area contributed by atoms with Gasteiger partial charge in [0.1, 0.15) is 5.75 Å². The summed E-state index contributed by atoms with van der Waals surface area (Å²) in [6, 6.07) is 7.20. The van der Waals surface area contributed by atoms with E-state index in [1.807, 2.05) is 12.1 Å². The number of rotatable bonds is 6. The van der Waals surface area contributed by atoms with E-state index >= 15 is 0 Å². The Morgan fingerprint density at radius 2 is 2.05 bits per heavy atom. The van der Waals surface area contributed by atoms with Gasteiger partial charge < -0.3 is 10.1 Å². The number of pyridine rings is 1. The second-order valence-electron chi connectivity index (χ2n) is 4.48. The maximum atomic E-state index is 6.14. The molecule has 1 aromatic carbocycles. The molecule has 1 N–H and O–H groups in total. The predicted molar refractivity (Wildman–Crippen MR) is 90.5 cm³/mol. The number of benzene rings is 1. The zero-order valence-corrected chi connectivity index (χ0v) is 14.6.